The molecule has 0 bridgehead atoms. The minimum atomic E-state index is -0.493. The van der Waals surface area contributed by atoms with Gasteiger partial charge in [-0.3, -0.25) is 10.7 Å². The smallest absolute Gasteiger partial charge is 0.411 e. The highest BCUT2D eigenvalue weighted by molar-refractivity contribution is 7.80. The Labute approximate surface area is 144 Å². The van der Waals surface area contributed by atoms with Gasteiger partial charge in [0.2, 0.25) is 0 Å². The third kappa shape index (κ3) is 3.07. The second-order valence-electron chi connectivity index (χ2n) is 5.09. The lowest BCUT2D eigenvalue weighted by atomic mass is 10.1. The molecule has 0 heterocycles. The first kappa shape index (κ1) is 15.9. The number of rotatable bonds is 3. The highest BCUT2D eigenvalue weighted by Gasteiger charge is 2.25. The van der Waals surface area contributed by atoms with Crippen LogP contribution in [0, 0.1) is 0 Å². The van der Waals surface area contributed by atoms with Crippen molar-refractivity contribution in [3.63, 3.8) is 0 Å². The number of hydrogen-bond acceptors (Lipinski definition) is 4. The van der Waals surface area contributed by atoms with Crippen LogP contribution in [0.15, 0.2) is 47.6 Å². The summed E-state index contributed by atoms with van der Waals surface area (Å²) in [7, 11) is 0. The van der Waals surface area contributed by atoms with Crippen LogP contribution in [0.3, 0.4) is 0 Å². The number of anilines is 1. The standard InChI is InChI=1S/C17H16N4O2S/c1-2-23-17(22)19-10-7-8-12-11-5-3-4-6-13(11)15(14(12)9-10)20-21-16(18)24/h3-9H,2H2,1H3,(H,19,22)(H3,18,21,24)/b20-15+. The summed E-state index contributed by atoms with van der Waals surface area (Å²) >= 11 is 4.83. The van der Waals surface area contributed by atoms with Gasteiger partial charge >= 0.3 is 6.09 Å². The normalized spacial score (nSPS) is 13.1. The van der Waals surface area contributed by atoms with Crippen molar-refractivity contribution in [1.82, 2.24) is 5.43 Å². The van der Waals surface area contributed by atoms with Gasteiger partial charge in [0.05, 0.1) is 12.3 Å². The number of ether oxygens (including phenoxy) is 1. The molecular formula is C17H16N4O2S. The quantitative estimate of drug-likeness (QED) is 0.504. The van der Waals surface area contributed by atoms with Gasteiger partial charge < -0.3 is 10.5 Å². The van der Waals surface area contributed by atoms with Crippen LogP contribution in [0.5, 0.6) is 0 Å². The van der Waals surface area contributed by atoms with Gasteiger partial charge in [0.1, 0.15) is 0 Å². The molecule has 1 amide bonds. The van der Waals surface area contributed by atoms with E-state index in [9.17, 15) is 4.79 Å². The lowest BCUT2D eigenvalue weighted by Crippen LogP contribution is -2.25. The fraction of sp³-hybridized carbons (Fsp3) is 0.118. The summed E-state index contributed by atoms with van der Waals surface area (Å²) in [5, 5.41) is 7.11. The van der Waals surface area contributed by atoms with Crippen LogP contribution in [-0.2, 0) is 4.74 Å². The average Bonchev–Trinajstić information content (AvgIpc) is 2.86. The van der Waals surface area contributed by atoms with Gasteiger partial charge in [-0.05, 0) is 42.4 Å². The zero-order valence-corrected chi connectivity index (χ0v) is 13.8. The van der Waals surface area contributed by atoms with Gasteiger partial charge in [-0.15, -0.1) is 0 Å². The van der Waals surface area contributed by atoms with Gasteiger partial charge in [-0.2, -0.15) is 5.10 Å². The van der Waals surface area contributed by atoms with Gasteiger partial charge in [0.15, 0.2) is 5.11 Å². The molecule has 0 atom stereocenters. The van der Waals surface area contributed by atoms with E-state index >= 15 is 0 Å². The summed E-state index contributed by atoms with van der Waals surface area (Å²) < 4.78 is 4.91. The molecule has 0 saturated heterocycles. The molecule has 0 fully saturated rings. The molecule has 7 heteroatoms. The molecule has 6 nitrogen and oxygen atoms in total. The van der Waals surface area contributed by atoms with Crippen LogP contribution in [0.1, 0.15) is 18.1 Å². The average molecular weight is 340 g/mol. The molecular weight excluding hydrogens is 324 g/mol. The monoisotopic (exact) mass is 340 g/mol. The van der Waals surface area contributed by atoms with Crippen LogP contribution in [0.2, 0.25) is 0 Å². The van der Waals surface area contributed by atoms with Crippen LogP contribution in [-0.4, -0.2) is 23.5 Å². The summed E-state index contributed by atoms with van der Waals surface area (Å²) in [4.78, 5) is 11.6. The van der Waals surface area contributed by atoms with Crippen LogP contribution >= 0.6 is 12.2 Å². The minimum absolute atomic E-state index is 0.0919. The topological polar surface area (TPSA) is 88.7 Å². The molecule has 122 valence electrons. The molecule has 24 heavy (non-hydrogen) atoms. The van der Waals surface area contributed by atoms with E-state index < -0.39 is 6.09 Å². The highest BCUT2D eigenvalue weighted by Crippen LogP contribution is 2.38. The van der Waals surface area contributed by atoms with Gasteiger partial charge in [-0.25, -0.2) is 4.79 Å². The maximum Gasteiger partial charge on any atom is 0.411 e. The number of amides is 1. The van der Waals surface area contributed by atoms with Crippen molar-refractivity contribution >= 4 is 34.8 Å². The summed E-state index contributed by atoms with van der Waals surface area (Å²) in [5.74, 6) is 0. The molecule has 0 aromatic heterocycles. The van der Waals surface area contributed by atoms with E-state index in [4.69, 9.17) is 22.7 Å². The van der Waals surface area contributed by atoms with E-state index in [0.29, 0.717) is 12.3 Å². The van der Waals surface area contributed by atoms with Gasteiger partial charge in [0.25, 0.3) is 0 Å². The highest BCUT2D eigenvalue weighted by atomic mass is 32.1. The van der Waals surface area contributed by atoms with Crippen molar-refractivity contribution < 1.29 is 9.53 Å². The largest absolute Gasteiger partial charge is 0.450 e. The maximum atomic E-state index is 11.6. The van der Waals surface area contributed by atoms with Crippen molar-refractivity contribution in [3.8, 4) is 11.1 Å². The third-order valence-corrected chi connectivity index (χ3v) is 3.64. The maximum absolute atomic E-state index is 11.6. The molecule has 1 aliphatic rings. The Morgan fingerprint density at radius 1 is 1.17 bits per heavy atom. The molecule has 2 aromatic rings. The van der Waals surface area contributed by atoms with Crippen molar-refractivity contribution in [3.05, 3.63) is 53.6 Å². The number of nitrogens with one attached hydrogen (secondary N) is 2. The molecule has 3 rings (SSSR count). The Kier molecular flexibility index (Phi) is 4.43. The van der Waals surface area contributed by atoms with Gasteiger partial charge in [0, 0.05) is 16.8 Å². The number of fused-ring (bicyclic) bond motifs is 3. The first-order valence-electron chi connectivity index (χ1n) is 7.41. The second-order valence-corrected chi connectivity index (χ2v) is 5.53. The van der Waals surface area contributed by atoms with Crippen LogP contribution < -0.4 is 16.5 Å². The molecule has 1 aliphatic carbocycles. The predicted octanol–water partition coefficient (Wildman–Crippen LogP) is 2.82. The van der Waals surface area contributed by atoms with E-state index in [1.54, 1.807) is 6.92 Å². The minimum Gasteiger partial charge on any atom is -0.450 e. The SMILES string of the molecule is CCOC(=O)Nc1ccc2c(c1)/C(=N/NC(N)=S)c1ccccc1-2. The number of carbonyl (C=O) groups is 1. The van der Waals surface area contributed by atoms with Crippen molar-refractivity contribution in [2.45, 2.75) is 6.92 Å². The Balaban J connectivity index is 2.02. The van der Waals surface area contributed by atoms with Crippen molar-refractivity contribution in [2.24, 2.45) is 10.8 Å². The first-order valence-corrected chi connectivity index (χ1v) is 7.82. The molecule has 0 saturated carbocycles. The lowest BCUT2D eigenvalue weighted by Gasteiger charge is -2.08. The number of thiocarbonyl (C=S) groups is 1. The number of benzene rings is 2. The molecule has 0 unspecified atom stereocenters. The van der Waals surface area contributed by atoms with E-state index in [0.717, 1.165) is 28.0 Å². The number of nitrogens with zero attached hydrogens (tertiary/aromatic N) is 1. The Morgan fingerprint density at radius 2 is 1.88 bits per heavy atom. The Morgan fingerprint density at radius 3 is 2.58 bits per heavy atom. The number of nitrogens with two attached hydrogens (primary N) is 1. The summed E-state index contributed by atoms with van der Waals surface area (Å²) in [6, 6.07) is 13.5. The summed E-state index contributed by atoms with van der Waals surface area (Å²) in [6.45, 7) is 2.07. The molecule has 0 spiro atoms. The fourth-order valence-corrected chi connectivity index (χ4v) is 2.68. The van der Waals surface area contributed by atoms with E-state index in [1.807, 2.05) is 42.5 Å². The number of carbonyl (C=O) groups excluding carboxylic acids is 1. The third-order valence-electron chi connectivity index (χ3n) is 3.55. The van der Waals surface area contributed by atoms with Crippen LogP contribution in [0.25, 0.3) is 11.1 Å². The second kappa shape index (κ2) is 6.67. The summed E-state index contributed by atoms with van der Waals surface area (Å²) in [5.41, 5.74) is 13.4. The van der Waals surface area contributed by atoms with Gasteiger partial charge in [-0.1, -0.05) is 30.3 Å². The zero-order chi connectivity index (χ0) is 17.1. The first-order chi connectivity index (χ1) is 11.6. The Hall–Kier alpha value is -2.93. The Bertz CT molecular complexity index is 848. The fourth-order valence-electron chi connectivity index (χ4n) is 2.64. The van der Waals surface area contributed by atoms with Crippen molar-refractivity contribution in [2.75, 3.05) is 11.9 Å². The lowest BCUT2D eigenvalue weighted by molar-refractivity contribution is 0.168. The van der Waals surface area contributed by atoms with E-state index in [2.05, 4.69) is 15.8 Å². The predicted molar refractivity (Wildman–Crippen MR) is 98.1 cm³/mol. The number of hydrogen-bond donors (Lipinski definition) is 3. The molecule has 2 aromatic carbocycles. The van der Waals surface area contributed by atoms with E-state index in [-0.39, 0.29) is 5.11 Å². The van der Waals surface area contributed by atoms with Crippen molar-refractivity contribution in [1.29, 1.82) is 0 Å². The van der Waals surface area contributed by atoms with Crippen LogP contribution in [0.4, 0.5) is 10.5 Å². The molecule has 0 aliphatic heterocycles. The molecule has 0 radical (unpaired) electrons. The van der Waals surface area contributed by atoms with E-state index in [1.165, 1.54) is 0 Å². The number of hydrazone groups is 1. The zero-order valence-electron chi connectivity index (χ0n) is 13.0. The molecule has 4 N–H and O–H groups in total. The summed E-state index contributed by atoms with van der Waals surface area (Å²) in [6.07, 6.45) is -0.493.